The average molecular weight is 557 g/mol. The van der Waals surface area contributed by atoms with E-state index >= 15 is 0 Å². The van der Waals surface area contributed by atoms with Crippen molar-refractivity contribution in [3.63, 3.8) is 0 Å². The van der Waals surface area contributed by atoms with Crippen LogP contribution in [0.3, 0.4) is 0 Å². The van der Waals surface area contributed by atoms with Crippen LogP contribution in [-0.2, 0) is 13.0 Å². The lowest BCUT2D eigenvalue weighted by Crippen LogP contribution is -2.38. The first-order chi connectivity index (χ1) is 15.7. The molecule has 0 aliphatic heterocycles. The largest absolute Gasteiger partial charge is 0.357 e. The smallest absolute Gasteiger partial charge is 0.191 e. The van der Waals surface area contributed by atoms with Crippen LogP contribution in [0.4, 0.5) is 0 Å². The molecule has 0 saturated heterocycles. The van der Waals surface area contributed by atoms with E-state index in [1.807, 2.05) is 35.1 Å². The predicted octanol–water partition coefficient (Wildman–Crippen LogP) is 4.34. The number of benzene rings is 2. The summed E-state index contributed by atoms with van der Waals surface area (Å²) < 4.78 is 4.19. The summed E-state index contributed by atoms with van der Waals surface area (Å²) in [6.45, 7) is 7.46. The number of aromatic nitrogens is 4. The molecule has 2 aromatic heterocycles. The molecule has 0 atom stereocenters. The fourth-order valence-corrected chi connectivity index (χ4v) is 3.78. The Kier molecular flexibility index (Phi) is 9.29. The average Bonchev–Trinajstić information content (AvgIpc) is 3.41. The van der Waals surface area contributed by atoms with E-state index in [0.29, 0.717) is 0 Å². The number of hydrogen-bond donors (Lipinski definition) is 2. The molecule has 0 unspecified atom stereocenters. The van der Waals surface area contributed by atoms with Gasteiger partial charge in [-0.1, -0.05) is 30.3 Å². The number of para-hydroxylation sites is 3. The Labute approximate surface area is 212 Å². The van der Waals surface area contributed by atoms with Gasteiger partial charge in [0.2, 0.25) is 0 Å². The Bertz CT molecular complexity index is 1160. The van der Waals surface area contributed by atoms with Crippen molar-refractivity contribution in [3.05, 3.63) is 78.4 Å². The number of rotatable bonds is 9. The summed E-state index contributed by atoms with van der Waals surface area (Å²) in [6, 6.07) is 18.5. The van der Waals surface area contributed by atoms with Crippen LogP contribution in [0.25, 0.3) is 16.7 Å². The third-order valence-electron chi connectivity index (χ3n) is 5.36. The van der Waals surface area contributed by atoms with Gasteiger partial charge in [-0.05, 0) is 56.5 Å². The molecule has 0 spiro atoms. The lowest BCUT2D eigenvalue weighted by atomic mass is 10.2. The highest BCUT2D eigenvalue weighted by molar-refractivity contribution is 14.0. The Hall–Kier alpha value is -2.88. The lowest BCUT2D eigenvalue weighted by molar-refractivity contribution is 0.646. The number of aryl methyl sites for hydroxylation is 2. The van der Waals surface area contributed by atoms with Crippen LogP contribution >= 0.6 is 24.0 Å². The van der Waals surface area contributed by atoms with Crippen molar-refractivity contribution in [3.8, 4) is 5.69 Å². The van der Waals surface area contributed by atoms with E-state index in [1.54, 1.807) is 0 Å². The van der Waals surface area contributed by atoms with E-state index in [2.05, 4.69) is 75.7 Å². The highest BCUT2D eigenvalue weighted by atomic mass is 127. The van der Waals surface area contributed by atoms with E-state index < -0.39 is 0 Å². The standard InChI is InChI=1S/C25H31N7.HI/c1-3-26-25(27-15-9-17-31-20(2)30-23-12-7-8-13-24(23)31)28-16-14-21-18-29-32(19-21)22-10-5-4-6-11-22;/h4-8,10-13,18-19H,3,9,14-17H2,1-2H3,(H2,26,27,28);1H. The molecule has 2 heterocycles. The number of imidazole rings is 1. The molecule has 7 nitrogen and oxygen atoms in total. The molecule has 0 saturated carbocycles. The van der Waals surface area contributed by atoms with Gasteiger partial charge in [0.05, 0.1) is 22.9 Å². The van der Waals surface area contributed by atoms with Crippen molar-refractivity contribution in [2.45, 2.75) is 33.2 Å². The summed E-state index contributed by atoms with van der Waals surface area (Å²) in [5.74, 6) is 1.91. The van der Waals surface area contributed by atoms with Crippen LogP contribution in [0.1, 0.15) is 24.7 Å². The van der Waals surface area contributed by atoms with Crippen molar-refractivity contribution >= 4 is 41.0 Å². The van der Waals surface area contributed by atoms with Crippen molar-refractivity contribution < 1.29 is 0 Å². The van der Waals surface area contributed by atoms with Crippen molar-refractivity contribution in [2.24, 2.45) is 4.99 Å². The number of guanidine groups is 1. The number of fused-ring (bicyclic) bond motifs is 1. The van der Waals surface area contributed by atoms with Gasteiger partial charge in [0, 0.05) is 32.4 Å². The van der Waals surface area contributed by atoms with Gasteiger partial charge in [0.25, 0.3) is 0 Å². The lowest BCUT2D eigenvalue weighted by Gasteiger charge is -2.11. The fraction of sp³-hybridized carbons (Fsp3) is 0.320. The number of halogens is 1. The summed E-state index contributed by atoms with van der Waals surface area (Å²) in [5.41, 5.74) is 4.51. The Morgan fingerprint density at radius 2 is 1.82 bits per heavy atom. The van der Waals surface area contributed by atoms with Gasteiger partial charge in [-0.15, -0.1) is 24.0 Å². The van der Waals surface area contributed by atoms with Crippen LogP contribution in [0, 0.1) is 6.92 Å². The molecule has 0 aliphatic carbocycles. The fourth-order valence-electron chi connectivity index (χ4n) is 3.78. The van der Waals surface area contributed by atoms with Crippen molar-refractivity contribution in [1.82, 2.24) is 30.0 Å². The van der Waals surface area contributed by atoms with Crippen LogP contribution in [0.2, 0.25) is 0 Å². The second-order valence-electron chi connectivity index (χ2n) is 7.72. The van der Waals surface area contributed by atoms with Gasteiger partial charge in [-0.3, -0.25) is 4.99 Å². The maximum Gasteiger partial charge on any atom is 0.191 e. The quantitative estimate of drug-likeness (QED) is 0.139. The van der Waals surface area contributed by atoms with Gasteiger partial charge in [0.15, 0.2) is 5.96 Å². The number of nitrogens with zero attached hydrogens (tertiary/aromatic N) is 5. The molecule has 4 rings (SSSR count). The van der Waals surface area contributed by atoms with Crippen LogP contribution in [0.15, 0.2) is 72.0 Å². The SMILES string of the molecule is CCNC(=NCCCn1c(C)nc2ccccc21)NCCc1cnn(-c2ccccc2)c1.I. The monoisotopic (exact) mass is 557 g/mol. The van der Waals surface area contributed by atoms with E-state index in [0.717, 1.165) is 62.0 Å². The Morgan fingerprint density at radius 3 is 2.64 bits per heavy atom. The summed E-state index contributed by atoms with van der Waals surface area (Å²) in [7, 11) is 0. The van der Waals surface area contributed by atoms with Gasteiger partial charge < -0.3 is 15.2 Å². The first kappa shape index (κ1) is 24.8. The highest BCUT2D eigenvalue weighted by Crippen LogP contribution is 2.15. The van der Waals surface area contributed by atoms with Crippen molar-refractivity contribution in [1.29, 1.82) is 0 Å². The third kappa shape index (κ3) is 6.56. The number of hydrogen-bond acceptors (Lipinski definition) is 3. The molecule has 0 aliphatic rings. The number of nitrogens with one attached hydrogen (secondary N) is 2. The summed E-state index contributed by atoms with van der Waals surface area (Å²) in [4.78, 5) is 9.39. The minimum absolute atomic E-state index is 0. The zero-order valence-electron chi connectivity index (χ0n) is 19.2. The molecule has 0 radical (unpaired) electrons. The minimum Gasteiger partial charge on any atom is -0.357 e. The second kappa shape index (κ2) is 12.4. The predicted molar refractivity (Wildman–Crippen MR) is 146 cm³/mol. The molecule has 8 heteroatoms. The zero-order valence-corrected chi connectivity index (χ0v) is 21.6. The molecule has 33 heavy (non-hydrogen) atoms. The summed E-state index contributed by atoms with van der Waals surface area (Å²) >= 11 is 0. The molecule has 4 aromatic rings. The van der Waals surface area contributed by atoms with Gasteiger partial charge in [0.1, 0.15) is 5.82 Å². The van der Waals surface area contributed by atoms with Gasteiger partial charge in [-0.25, -0.2) is 9.67 Å². The third-order valence-corrected chi connectivity index (χ3v) is 5.36. The molecule has 2 aromatic carbocycles. The molecule has 0 bridgehead atoms. The molecular weight excluding hydrogens is 525 g/mol. The minimum atomic E-state index is 0. The van der Waals surface area contributed by atoms with Crippen molar-refractivity contribution in [2.75, 3.05) is 19.6 Å². The highest BCUT2D eigenvalue weighted by Gasteiger charge is 2.06. The normalized spacial score (nSPS) is 11.4. The Morgan fingerprint density at radius 1 is 1.03 bits per heavy atom. The van der Waals surface area contributed by atoms with E-state index in [9.17, 15) is 0 Å². The zero-order chi connectivity index (χ0) is 22.2. The summed E-state index contributed by atoms with van der Waals surface area (Å²) in [5, 5.41) is 11.2. The summed E-state index contributed by atoms with van der Waals surface area (Å²) in [6.07, 6.45) is 5.86. The number of aliphatic imine (C=N–C) groups is 1. The first-order valence-corrected chi connectivity index (χ1v) is 11.3. The van der Waals surface area contributed by atoms with Crippen LogP contribution in [0.5, 0.6) is 0 Å². The maximum atomic E-state index is 4.75. The molecule has 0 fully saturated rings. The van der Waals surface area contributed by atoms with E-state index in [4.69, 9.17) is 4.99 Å². The van der Waals surface area contributed by atoms with Gasteiger partial charge in [-0.2, -0.15) is 5.10 Å². The van der Waals surface area contributed by atoms with E-state index in [1.165, 1.54) is 11.1 Å². The second-order valence-corrected chi connectivity index (χ2v) is 7.72. The Balaban J connectivity index is 0.00000306. The topological polar surface area (TPSA) is 72.1 Å². The maximum absolute atomic E-state index is 4.75. The molecule has 174 valence electrons. The van der Waals surface area contributed by atoms with Crippen LogP contribution < -0.4 is 10.6 Å². The van der Waals surface area contributed by atoms with Gasteiger partial charge >= 0.3 is 0 Å². The molecule has 2 N–H and O–H groups in total. The van der Waals surface area contributed by atoms with E-state index in [-0.39, 0.29) is 24.0 Å². The molecular formula is C25H32IN7. The van der Waals surface area contributed by atoms with Crippen LogP contribution in [-0.4, -0.2) is 44.9 Å². The molecule has 0 amide bonds. The first-order valence-electron chi connectivity index (χ1n) is 11.3.